The number of aliphatic carboxylic acids is 1. The molecule has 0 saturated heterocycles. The average molecular weight is 392 g/mol. The number of carbonyl (C=O) groups is 2. The van der Waals surface area contributed by atoms with Gasteiger partial charge in [-0.1, -0.05) is 6.07 Å². The molecule has 0 aliphatic carbocycles. The number of fused-ring (bicyclic) bond motifs is 1. The molecule has 0 unspecified atom stereocenters. The fourth-order valence-electron chi connectivity index (χ4n) is 1.23. The van der Waals surface area contributed by atoms with E-state index in [0.29, 0.717) is 10.9 Å². The number of nitrogens with two attached hydrogens (primary N) is 1. The summed E-state index contributed by atoms with van der Waals surface area (Å²) in [7, 11) is 0. The first-order chi connectivity index (χ1) is 11.7. The number of hydrogen-bond donors (Lipinski definition) is 4. The maximum Gasteiger partial charge on any atom is 0.490 e. The number of H-pyrrole nitrogens is 1. The predicted molar refractivity (Wildman–Crippen MR) is 74.0 cm³/mol. The summed E-state index contributed by atoms with van der Waals surface area (Å²) in [4.78, 5) is 22.0. The van der Waals surface area contributed by atoms with Crippen LogP contribution in [0.2, 0.25) is 0 Å². The van der Waals surface area contributed by atoms with Crippen LogP contribution in [0.1, 0.15) is 10.5 Å². The standard InChI is InChI=1S/C9H6FNO2.C2H4F3N.C2HF3O2/c10-6-2-1-3-7-5(6)4-8(11-7)9(12)13;3-2(4,5)1-6;3-2(4,5)1(6)7/h1-4,11H,(H,12,13);1,6H2;(H,6,7). The Kier molecular flexibility index (Phi) is 8.05. The maximum absolute atomic E-state index is 13.1. The summed E-state index contributed by atoms with van der Waals surface area (Å²) in [5, 5.41) is 16.1. The molecule has 146 valence electrons. The molecule has 6 nitrogen and oxygen atoms in total. The molecule has 1 aromatic heterocycles. The number of aromatic nitrogens is 1. The van der Waals surface area contributed by atoms with Crippen LogP contribution in [0.25, 0.3) is 10.9 Å². The Balaban J connectivity index is 0.000000411. The minimum atomic E-state index is -5.08. The van der Waals surface area contributed by atoms with Crippen molar-refractivity contribution < 1.29 is 50.5 Å². The van der Waals surface area contributed by atoms with Crippen molar-refractivity contribution in [1.82, 2.24) is 4.98 Å². The van der Waals surface area contributed by atoms with E-state index in [1.165, 1.54) is 18.2 Å². The van der Waals surface area contributed by atoms with E-state index in [2.05, 4.69) is 10.7 Å². The molecule has 13 heteroatoms. The van der Waals surface area contributed by atoms with Gasteiger partial charge in [0.1, 0.15) is 11.5 Å². The lowest BCUT2D eigenvalue weighted by molar-refractivity contribution is -0.192. The first kappa shape index (κ1) is 23.2. The predicted octanol–water partition coefficient (Wildman–Crippen LogP) is 3.15. The van der Waals surface area contributed by atoms with Crippen molar-refractivity contribution in [3.8, 4) is 0 Å². The van der Waals surface area contributed by atoms with Crippen molar-refractivity contribution in [2.75, 3.05) is 6.54 Å². The number of aromatic carboxylic acids is 1. The maximum atomic E-state index is 13.1. The second-order valence-electron chi connectivity index (χ2n) is 4.31. The van der Waals surface area contributed by atoms with Crippen molar-refractivity contribution in [2.24, 2.45) is 5.73 Å². The van der Waals surface area contributed by atoms with Crippen molar-refractivity contribution in [3.63, 3.8) is 0 Å². The van der Waals surface area contributed by atoms with Crippen LogP contribution >= 0.6 is 0 Å². The van der Waals surface area contributed by atoms with Crippen molar-refractivity contribution in [2.45, 2.75) is 12.4 Å². The highest BCUT2D eigenvalue weighted by molar-refractivity contribution is 5.93. The number of alkyl halides is 6. The van der Waals surface area contributed by atoms with Crippen LogP contribution in [0.5, 0.6) is 0 Å². The van der Waals surface area contributed by atoms with Gasteiger partial charge in [-0.3, -0.25) is 0 Å². The van der Waals surface area contributed by atoms with Crippen LogP contribution in [0.3, 0.4) is 0 Å². The summed E-state index contributed by atoms with van der Waals surface area (Å²) in [5.74, 6) is -4.26. The molecule has 0 atom stereocenters. The fraction of sp³-hybridized carbons (Fsp3) is 0.231. The monoisotopic (exact) mass is 392 g/mol. The second-order valence-corrected chi connectivity index (χ2v) is 4.31. The Morgan fingerprint density at radius 2 is 1.54 bits per heavy atom. The minimum absolute atomic E-state index is 0.0000926. The molecule has 0 amide bonds. The number of carboxylic acids is 2. The van der Waals surface area contributed by atoms with E-state index in [1.807, 2.05) is 0 Å². The molecule has 0 bridgehead atoms. The first-order valence-corrected chi connectivity index (χ1v) is 6.26. The molecular weight excluding hydrogens is 381 g/mol. The third-order valence-electron chi connectivity index (χ3n) is 2.32. The SMILES string of the molecule is NCC(F)(F)F.O=C(O)C(F)(F)F.O=C(O)c1cc2c(F)cccc2[nH]1. The Labute approximate surface area is 140 Å². The molecule has 0 saturated carbocycles. The van der Waals surface area contributed by atoms with E-state index in [1.54, 1.807) is 6.07 Å². The molecule has 1 heterocycles. The smallest absolute Gasteiger partial charge is 0.477 e. The molecule has 2 aromatic rings. The topological polar surface area (TPSA) is 116 Å². The van der Waals surface area contributed by atoms with E-state index >= 15 is 0 Å². The molecule has 1 aromatic carbocycles. The molecule has 0 spiro atoms. The van der Waals surface area contributed by atoms with Gasteiger partial charge in [-0.25, -0.2) is 14.0 Å². The number of halogens is 7. The number of aromatic amines is 1. The Bertz CT molecular complexity index is 753. The Morgan fingerprint density at radius 3 is 1.85 bits per heavy atom. The van der Waals surface area contributed by atoms with Crippen LogP contribution < -0.4 is 5.73 Å². The van der Waals surface area contributed by atoms with Gasteiger partial charge in [-0.15, -0.1) is 0 Å². The summed E-state index contributed by atoms with van der Waals surface area (Å²) >= 11 is 0. The van der Waals surface area contributed by atoms with Crippen LogP contribution in [-0.4, -0.2) is 46.0 Å². The zero-order chi connectivity index (χ0) is 20.7. The van der Waals surface area contributed by atoms with E-state index in [0.717, 1.165) is 0 Å². The molecular formula is C13H11F7N2O4. The minimum Gasteiger partial charge on any atom is -0.477 e. The number of nitrogens with one attached hydrogen (secondary N) is 1. The average Bonchev–Trinajstić information content (AvgIpc) is 2.93. The fourth-order valence-corrected chi connectivity index (χ4v) is 1.23. The van der Waals surface area contributed by atoms with Gasteiger partial charge in [0.15, 0.2) is 0 Å². The highest BCUT2D eigenvalue weighted by Gasteiger charge is 2.38. The molecule has 0 radical (unpaired) electrons. The highest BCUT2D eigenvalue weighted by Crippen LogP contribution is 2.18. The summed E-state index contributed by atoms with van der Waals surface area (Å²) in [6, 6.07) is 5.74. The van der Waals surface area contributed by atoms with Crippen molar-refractivity contribution in [3.05, 3.63) is 35.8 Å². The lowest BCUT2D eigenvalue weighted by Crippen LogP contribution is -2.21. The first-order valence-electron chi connectivity index (χ1n) is 6.26. The van der Waals surface area contributed by atoms with Gasteiger partial charge in [0.05, 0.1) is 6.54 Å². The van der Waals surface area contributed by atoms with Crippen LogP contribution in [0.4, 0.5) is 30.7 Å². The van der Waals surface area contributed by atoms with Gasteiger partial charge in [-0.2, -0.15) is 26.3 Å². The molecule has 5 N–H and O–H groups in total. The molecule has 0 aliphatic rings. The number of carboxylic acid groups (broad SMARTS) is 2. The summed E-state index contributed by atoms with van der Waals surface area (Å²) in [6.07, 6.45) is -9.26. The zero-order valence-corrected chi connectivity index (χ0v) is 12.5. The zero-order valence-electron chi connectivity index (χ0n) is 12.5. The number of rotatable bonds is 1. The highest BCUT2D eigenvalue weighted by atomic mass is 19.4. The van der Waals surface area contributed by atoms with Gasteiger partial charge < -0.3 is 20.9 Å². The molecule has 2 rings (SSSR count). The van der Waals surface area contributed by atoms with Crippen molar-refractivity contribution in [1.29, 1.82) is 0 Å². The van der Waals surface area contributed by atoms with E-state index in [9.17, 15) is 35.5 Å². The van der Waals surface area contributed by atoms with Crippen molar-refractivity contribution >= 4 is 22.8 Å². The Hall–Kier alpha value is -2.83. The normalized spacial score (nSPS) is 11.1. The van der Waals surface area contributed by atoms with E-state index < -0.39 is 36.7 Å². The quantitative estimate of drug-likeness (QED) is 0.557. The van der Waals surface area contributed by atoms with Gasteiger partial charge in [-0.05, 0) is 18.2 Å². The van der Waals surface area contributed by atoms with E-state index in [-0.39, 0.29) is 5.69 Å². The van der Waals surface area contributed by atoms with Gasteiger partial charge >= 0.3 is 24.3 Å². The lowest BCUT2D eigenvalue weighted by atomic mass is 10.2. The van der Waals surface area contributed by atoms with Crippen LogP contribution in [0, 0.1) is 5.82 Å². The van der Waals surface area contributed by atoms with Crippen LogP contribution in [0.15, 0.2) is 24.3 Å². The summed E-state index contributed by atoms with van der Waals surface area (Å²) in [5.41, 5.74) is 4.68. The number of hydrogen-bond acceptors (Lipinski definition) is 3. The van der Waals surface area contributed by atoms with Gasteiger partial charge in [0.25, 0.3) is 0 Å². The third-order valence-corrected chi connectivity index (χ3v) is 2.32. The largest absolute Gasteiger partial charge is 0.490 e. The summed E-state index contributed by atoms with van der Waals surface area (Å²) in [6.45, 7) is -1.23. The number of benzene rings is 1. The third kappa shape index (κ3) is 8.32. The molecule has 0 aliphatic heterocycles. The summed E-state index contributed by atoms with van der Waals surface area (Å²) < 4.78 is 76.8. The van der Waals surface area contributed by atoms with Gasteiger partial charge in [0.2, 0.25) is 0 Å². The van der Waals surface area contributed by atoms with Crippen LogP contribution in [-0.2, 0) is 4.79 Å². The molecule has 26 heavy (non-hydrogen) atoms. The second kappa shape index (κ2) is 9.03. The molecule has 0 fully saturated rings. The van der Waals surface area contributed by atoms with E-state index in [4.69, 9.17) is 15.0 Å². The van der Waals surface area contributed by atoms with Gasteiger partial charge in [0, 0.05) is 10.9 Å². The lowest BCUT2D eigenvalue weighted by Gasteiger charge is -1.96. The Morgan fingerprint density at radius 1 is 1.08 bits per heavy atom.